The number of alkyl halides is 2. The smallest absolute Gasteiger partial charge is 0.315 e. The van der Waals surface area contributed by atoms with Crippen LogP contribution in [-0.4, -0.2) is 64.3 Å². The molecule has 14 nitrogen and oxygen atoms in total. The van der Waals surface area contributed by atoms with Crippen molar-refractivity contribution in [1.82, 2.24) is 9.97 Å². The van der Waals surface area contributed by atoms with E-state index in [0.29, 0.717) is 41.2 Å². The standard InChI is InChI=1S/C48H46Cl4N4O10S2/c1-29-41(66-46(56-29)68(6,59)60)27-63-37-11-7-33(8-12-37)47(3,35-21-31(25-53)43(39(51)23-35)61-19-17-49)15-16-48(4,36-22-32(26-54)44(40(52)24-36)62-20-18-50)34-9-13-38(14-10-34)65-30(2)42-45(64-28-55-42)67(5,57)58/h7-14,21-24,28,30H,15-20,27H2,1-6H3. The summed E-state index contributed by atoms with van der Waals surface area (Å²) in [4.78, 5) is 8.12. The molecule has 0 aliphatic carbocycles. The first-order valence-electron chi connectivity index (χ1n) is 20.8. The van der Waals surface area contributed by atoms with Gasteiger partial charge in [-0.2, -0.15) is 10.5 Å². The average Bonchev–Trinajstić information content (AvgIpc) is 3.97. The van der Waals surface area contributed by atoms with Crippen molar-refractivity contribution in [2.75, 3.05) is 37.5 Å². The largest absolute Gasteiger partial charge is 0.489 e. The van der Waals surface area contributed by atoms with Crippen molar-refractivity contribution in [3.05, 3.63) is 140 Å². The fourth-order valence-electron chi connectivity index (χ4n) is 7.69. The Hall–Kier alpha value is -5.46. The van der Waals surface area contributed by atoms with Gasteiger partial charge in [0.25, 0.3) is 0 Å². The Morgan fingerprint density at radius 1 is 0.721 bits per heavy atom. The van der Waals surface area contributed by atoms with E-state index >= 15 is 0 Å². The molecule has 2 aromatic heterocycles. The minimum atomic E-state index is -3.71. The van der Waals surface area contributed by atoms with Crippen LogP contribution in [0.3, 0.4) is 0 Å². The Kier molecular flexibility index (Phi) is 16.4. The van der Waals surface area contributed by atoms with Crippen molar-refractivity contribution in [2.45, 2.75) is 74.4 Å². The third kappa shape index (κ3) is 11.5. The number of aromatic nitrogens is 2. The number of halogens is 4. The molecule has 0 amide bonds. The van der Waals surface area contributed by atoms with Gasteiger partial charge >= 0.3 is 5.22 Å². The van der Waals surface area contributed by atoms with Gasteiger partial charge in [-0.05, 0) is 97.5 Å². The molecular weight excluding hydrogens is 998 g/mol. The zero-order valence-corrected chi connectivity index (χ0v) is 42.4. The first-order chi connectivity index (χ1) is 32.2. The molecular formula is C48H46Cl4N4O10S2. The maximum absolute atomic E-state index is 12.4. The van der Waals surface area contributed by atoms with Crippen LogP contribution in [-0.2, 0) is 37.1 Å². The van der Waals surface area contributed by atoms with Crippen LogP contribution in [0.4, 0.5) is 0 Å². The maximum atomic E-state index is 12.4. The summed E-state index contributed by atoms with van der Waals surface area (Å²) in [5.74, 6) is 1.91. The van der Waals surface area contributed by atoms with Gasteiger partial charge in [0.2, 0.25) is 24.8 Å². The van der Waals surface area contributed by atoms with Gasteiger partial charge < -0.3 is 27.8 Å². The lowest BCUT2D eigenvalue weighted by molar-refractivity contribution is 0.215. The maximum Gasteiger partial charge on any atom is 0.315 e. The normalized spacial score (nSPS) is 13.9. The van der Waals surface area contributed by atoms with E-state index < -0.39 is 41.8 Å². The van der Waals surface area contributed by atoms with Crippen LogP contribution in [0.25, 0.3) is 0 Å². The molecule has 3 unspecified atom stereocenters. The van der Waals surface area contributed by atoms with Crippen molar-refractivity contribution >= 4 is 66.1 Å². The van der Waals surface area contributed by atoms with Crippen LogP contribution in [0.2, 0.25) is 10.0 Å². The molecule has 4 aromatic carbocycles. The highest BCUT2D eigenvalue weighted by molar-refractivity contribution is 7.90. The number of oxazole rings is 2. The van der Waals surface area contributed by atoms with E-state index in [9.17, 15) is 27.4 Å². The van der Waals surface area contributed by atoms with Gasteiger partial charge in [0, 0.05) is 23.3 Å². The van der Waals surface area contributed by atoms with Gasteiger partial charge in [0.1, 0.15) is 55.3 Å². The van der Waals surface area contributed by atoms with Crippen molar-refractivity contribution in [3.63, 3.8) is 0 Å². The minimum absolute atomic E-state index is 0.0815. The number of ether oxygens (including phenoxy) is 4. The van der Waals surface area contributed by atoms with Crippen molar-refractivity contribution < 1.29 is 44.6 Å². The summed E-state index contributed by atoms with van der Waals surface area (Å²) >= 11 is 25.7. The molecule has 0 spiro atoms. The molecule has 6 aromatic rings. The van der Waals surface area contributed by atoms with E-state index in [0.717, 1.165) is 30.0 Å². The first-order valence-corrected chi connectivity index (χ1v) is 26.4. The van der Waals surface area contributed by atoms with E-state index in [4.69, 9.17) is 74.2 Å². The number of hydrogen-bond donors (Lipinski definition) is 0. The predicted molar refractivity (Wildman–Crippen MR) is 257 cm³/mol. The van der Waals surface area contributed by atoms with Gasteiger partial charge in [-0.3, -0.25) is 0 Å². The number of hydrogen-bond acceptors (Lipinski definition) is 14. The molecule has 0 saturated carbocycles. The van der Waals surface area contributed by atoms with Gasteiger partial charge in [0.05, 0.1) is 38.6 Å². The quantitative estimate of drug-likeness (QED) is 0.0615. The summed E-state index contributed by atoms with van der Waals surface area (Å²) in [6, 6.07) is 26.1. The second-order valence-electron chi connectivity index (χ2n) is 16.3. The molecule has 3 atom stereocenters. The Labute approximate surface area is 415 Å². The van der Waals surface area contributed by atoms with Crippen LogP contribution in [0.15, 0.2) is 98.3 Å². The van der Waals surface area contributed by atoms with Gasteiger partial charge in [-0.1, -0.05) is 61.3 Å². The number of rotatable bonds is 21. The van der Waals surface area contributed by atoms with Gasteiger partial charge in [-0.15, -0.1) is 23.2 Å². The number of nitrogens with zero attached hydrogens (tertiary/aromatic N) is 4. The zero-order valence-electron chi connectivity index (χ0n) is 37.7. The SMILES string of the molecule is Cc1nc(S(C)(=O)=O)oc1COc1ccc(C(C)(CCC(C)(c2ccc(OC(C)c3ncoc3S(C)(=O)=O)cc2)c2cc(Cl)c(OCCCl)c(C#N)c2)c2cc(Cl)c(OCCCl)c(C#N)c2)cc1. The first kappa shape index (κ1) is 51.9. The Balaban J connectivity index is 1.43. The third-order valence-electron chi connectivity index (χ3n) is 11.5. The highest BCUT2D eigenvalue weighted by Gasteiger charge is 2.38. The summed E-state index contributed by atoms with van der Waals surface area (Å²) in [6.45, 7) is 7.53. The number of sulfone groups is 2. The monoisotopic (exact) mass is 1040 g/mol. The Morgan fingerprint density at radius 3 is 1.63 bits per heavy atom. The Bertz CT molecular complexity index is 3100. The van der Waals surface area contributed by atoms with Gasteiger partial charge in [0.15, 0.2) is 23.7 Å². The third-order valence-corrected chi connectivity index (χ3v) is 14.2. The predicted octanol–water partition coefficient (Wildman–Crippen LogP) is 10.9. The molecule has 68 heavy (non-hydrogen) atoms. The van der Waals surface area contributed by atoms with E-state index in [-0.39, 0.29) is 80.8 Å². The summed E-state index contributed by atoms with van der Waals surface area (Å²) < 4.78 is 83.3. The van der Waals surface area contributed by atoms with Crippen LogP contribution >= 0.6 is 46.4 Å². The molecule has 358 valence electrons. The number of benzene rings is 4. The van der Waals surface area contributed by atoms with Crippen LogP contribution in [0, 0.1) is 29.6 Å². The number of nitriles is 2. The lowest BCUT2D eigenvalue weighted by atomic mass is 9.65. The highest BCUT2D eigenvalue weighted by Crippen LogP contribution is 2.48. The fraction of sp³-hybridized carbons (Fsp3) is 0.333. The molecule has 20 heteroatoms. The fourth-order valence-corrected chi connectivity index (χ4v) is 9.76. The minimum Gasteiger partial charge on any atom is -0.489 e. The summed E-state index contributed by atoms with van der Waals surface area (Å²) in [6.07, 6.45) is 3.11. The molecule has 0 N–H and O–H groups in total. The van der Waals surface area contributed by atoms with Gasteiger partial charge in [-0.25, -0.2) is 26.8 Å². The van der Waals surface area contributed by atoms with Crippen LogP contribution < -0.4 is 18.9 Å². The molecule has 0 aliphatic rings. The molecule has 0 saturated heterocycles. The highest BCUT2D eigenvalue weighted by atomic mass is 35.5. The molecule has 0 fully saturated rings. The summed E-state index contributed by atoms with van der Waals surface area (Å²) in [5, 5.41) is 20.5. The van der Waals surface area contributed by atoms with Crippen molar-refractivity contribution in [1.29, 1.82) is 10.5 Å². The lowest BCUT2D eigenvalue weighted by Gasteiger charge is -2.38. The van der Waals surface area contributed by atoms with E-state index in [2.05, 4.69) is 22.1 Å². The second-order valence-corrected chi connectivity index (χ2v) is 21.7. The van der Waals surface area contributed by atoms with E-state index in [1.54, 1.807) is 62.4 Å². The average molecular weight is 1040 g/mol. The molecule has 0 radical (unpaired) electrons. The van der Waals surface area contributed by atoms with E-state index in [1.807, 2.05) is 38.1 Å². The summed E-state index contributed by atoms with van der Waals surface area (Å²) in [5.41, 5.74) is 2.15. The topological polar surface area (TPSA) is 205 Å². The Morgan fingerprint density at radius 2 is 1.21 bits per heavy atom. The van der Waals surface area contributed by atoms with Crippen molar-refractivity contribution in [2.24, 2.45) is 0 Å². The molecule has 0 bridgehead atoms. The van der Waals surface area contributed by atoms with Crippen molar-refractivity contribution in [3.8, 4) is 35.1 Å². The molecule has 6 rings (SSSR count). The molecule has 2 heterocycles. The zero-order chi connectivity index (χ0) is 49.6. The molecule has 0 aliphatic heterocycles. The van der Waals surface area contributed by atoms with Crippen LogP contribution in [0.1, 0.15) is 90.2 Å². The van der Waals surface area contributed by atoms with E-state index in [1.165, 1.54) is 0 Å². The summed E-state index contributed by atoms with van der Waals surface area (Å²) in [7, 11) is -7.38. The lowest BCUT2D eigenvalue weighted by Crippen LogP contribution is -2.31. The second kappa shape index (κ2) is 21.5. The number of aryl methyl sites for hydroxylation is 1. The van der Waals surface area contributed by atoms with Crippen LogP contribution in [0.5, 0.6) is 23.0 Å².